The predicted octanol–water partition coefficient (Wildman–Crippen LogP) is 0.947. The number of carboxylic acid groups (broad SMARTS) is 1. The first-order chi connectivity index (χ1) is 7.18. The molecule has 0 amide bonds. The van der Waals surface area contributed by atoms with Gasteiger partial charge in [-0.25, -0.2) is 4.79 Å². The van der Waals surface area contributed by atoms with Gasteiger partial charge in [-0.1, -0.05) is 18.6 Å². The molecule has 0 spiro atoms. The molecule has 3 unspecified atom stereocenters. The number of aliphatic carboxylic acids is 1. The lowest BCUT2D eigenvalue weighted by Gasteiger charge is -2.28. The topological polar surface area (TPSA) is 66.8 Å². The number of unbranched alkanes of at least 4 members (excludes halogenated alkanes) is 1. The van der Waals surface area contributed by atoms with Crippen LogP contribution in [-0.2, 0) is 9.53 Å². The molecule has 4 heteroatoms. The lowest BCUT2D eigenvalue weighted by molar-refractivity contribution is -0.153. The van der Waals surface area contributed by atoms with E-state index in [-0.39, 0.29) is 18.1 Å². The Labute approximate surface area is 88.6 Å². The molecule has 2 aliphatic rings. The van der Waals surface area contributed by atoms with Gasteiger partial charge in [0.25, 0.3) is 0 Å². The molecule has 0 aromatic rings. The van der Waals surface area contributed by atoms with E-state index < -0.39 is 12.1 Å². The van der Waals surface area contributed by atoms with Crippen LogP contribution in [-0.4, -0.2) is 35.0 Å². The maximum absolute atomic E-state index is 11.0. The summed E-state index contributed by atoms with van der Waals surface area (Å²) in [6, 6.07) is 0. The highest BCUT2D eigenvalue weighted by molar-refractivity contribution is 5.75. The summed E-state index contributed by atoms with van der Waals surface area (Å²) in [5.41, 5.74) is -0.314. The van der Waals surface area contributed by atoms with Crippen LogP contribution < -0.4 is 0 Å². The summed E-state index contributed by atoms with van der Waals surface area (Å²) in [4.78, 5) is 11.0. The zero-order valence-electron chi connectivity index (χ0n) is 8.56. The standard InChI is InChI=1S/C11H16O4/c12-6-2-1-4-11-5-3-8(7-11)15-9(11)10(13)14/h3,5,8-9,12H,1-2,4,6-7H2,(H,13,14). The second-order valence-corrected chi connectivity index (χ2v) is 4.37. The maximum Gasteiger partial charge on any atom is 0.333 e. The minimum Gasteiger partial charge on any atom is -0.479 e. The third-order valence-corrected chi connectivity index (χ3v) is 3.33. The van der Waals surface area contributed by atoms with Gasteiger partial charge in [0.15, 0.2) is 6.10 Å². The fourth-order valence-corrected chi connectivity index (χ4v) is 2.59. The molecule has 1 saturated heterocycles. The number of carboxylic acids is 1. The van der Waals surface area contributed by atoms with Crippen LogP contribution in [0.3, 0.4) is 0 Å². The van der Waals surface area contributed by atoms with Gasteiger partial charge in [0.1, 0.15) is 0 Å². The second kappa shape index (κ2) is 3.94. The van der Waals surface area contributed by atoms with Crippen molar-refractivity contribution in [3.63, 3.8) is 0 Å². The van der Waals surface area contributed by atoms with Crippen molar-refractivity contribution in [3.05, 3.63) is 12.2 Å². The predicted molar refractivity (Wildman–Crippen MR) is 53.4 cm³/mol. The van der Waals surface area contributed by atoms with Gasteiger partial charge in [-0.3, -0.25) is 0 Å². The molecule has 1 fully saturated rings. The van der Waals surface area contributed by atoms with Crippen LogP contribution in [0.2, 0.25) is 0 Å². The first kappa shape index (κ1) is 10.6. The Morgan fingerprint density at radius 2 is 2.33 bits per heavy atom. The molecule has 4 nitrogen and oxygen atoms in total. The van der Waals surface area contributed by atoms with E-state index in [2.05, 4.69) is 0 Å². The fraction of sp³-hybridized carbons (Fsp3) is 0.727. The van der Waals surface area contributed by atoms with Crippen LogP contribution in [0.5, 0.6) is 0 Å². The van der Waals surface area contributed by atoms with Gasteiger partial charge in [0.2, 0.25) is 0 Å². The summed E-state index contributed by atoms with van der Waals surface area (Å²) in [5, 5.41) is 17.8. The highest BCUT2D eigenvalue weighted by Crippen LogP contribution is 2.49. The van der Waals surface area contributed by atoms with Gasteiger partial charge >= 0.3 is 5.97 Å². The van der Waals surface area contributed by atoms with Crippen molar-refractivity contribution in [1.82, 2.24) is 0 Å². The SMILES string of the molecule is O=C(O)C1OC2C=CC1(CCCCO)C2. The van der Waals surface area contributed by atoms with E-state index in [9.17, 15) is 4.79 Å². The molecule has 2 rings (SSSR count). The summed E-state index contributed by atoms with van der Waals surface area (Å²) in [5.74, 6) is -0.870. The Kier molecular flexibility index (Phi) is 2.80. The Morgan fingerprint density at radius 1 is 1.53 bits per heavy atom. The largest absolute Gasteiger partial charge is 0.479 e. The van der Waals surface area contributed by atoms with Crippen molar-refractivity contribution >= 4 is 5.97 Å². The van der Waals surface area contributed by atoms with Crippen LogP contribution in [0.1, 0.15) is 25.7 Å². The zero-order chi connectivity index (χ0) is 10.9. The number of rotatable bonds is 5. The monoisotopic (exact) mass is 212 g/mol. The lowest BCUT2D eigenvalue weighted by atomic mass is 9.78. The van der Waals surface area contributed by atoms with E-state index in [1.165, 1.54) is 0 Å². The summed E-state index contributed by atoms with van der Waals surface area (Å²) >= 11 is 0. The molecule has 84 valence electrons. The van der Waals surface area contributed by atoms with Gasteiger partial charge in [0, 0.05) is 12.0 Å². The molecular weight excluding hydrogens is 196 g/mol. The Balaban J connectivity index is 2.03. The zero-order valence-corrected chi connectivity index (χ0v) is 8.56. The van der Waals surface area contributed by atoms with E-state index in [0.29, 0.717) is 0 Å². The van der Waals surface area contributed by atoms with Crippen molar-refractivity contribution in [2.75, 3.05) is 6.61 Å². The van der Waals surface area contributed by atoms with Gasteiger partial charge in [-0.15, -0.1) is 0 Å². The molecule has 2 N–H and O–H groups in total. The van der Waals surface area contributed by atoms with Crippen molar-refractivity contribution < 1.29 is 19.7 Å². The van der Waals surface area contributed by atoms with E-state index in [1.807, 2.05) is 12.2 Å². The molecule has 1 heterocycles. The van der Waals surface area contributed by atoms with E-state index in [4.69, 9.17) is 14.9 Å². The molecule has 0 radical (unpaired) electrons. The fourth-order valence-electron chi connectivity index (χ4n) is 2.59. The van der Waals surface area contributed by atoms with Crippen LogP contribution in [0, 0.1) is 5.41 Å². The average molecular weight is 212 g/mol. The number of fused-ring (bicyclic) bond motifs is 2. The van der Waals surface area contributed by atoms with Crippen LogP contribution in [0.4, 0.5) is 0 Å². The van der Waals surface area contributed by atoms with Gasteiger partial charge in [-0.05, 0) is 19.3 Å². The minimum absolute atomic E-state index is 0.0137. The Bertz CT molecular complexity index is 286. The Morgan fingerprint density at radius 3 is 2.93 bits per heavy atom. The van der Waals surface area contributed by atoms with Gasteiger partial charge in [-0.2, -0.15) is 0 Å². The first-order valence-corrected chi connectivity index (χ1v) is 5.36. The molecule has 0 saturated carbocycles. The van der Waals surface area contributed by atoms with E-state index in [0.717, 1.165) is 25.7 Å². The molecule has 1 aliphatic carbocycles. The number of hydrogen-bond donors (Lipinski definition) is 2. The third-order valence-electron chi connectivity index (χ3n) is 3.33. The summed E-state index contributed by atoms with van der Waals surface area (Å²) < 4.78 is 5.41. The molecular formula is C11H16O4. The van der Waals surface area contributed by atoms with Crippen molar-refractivity contribution in [1.29, 1.82) is 0 Å². The molecule has 15 heavy (non-hydrogen) atoms. The number of aliphatic hydroxyl groups is 1. The molecule has 0 aromatic carbocycles. The normalized spacial score (nSPS) is 37.4. The highest BCUT2D eigenvalue weighted by Gasteiger charge is 2.52. The second-order valence-electron chi connectivity index (χ2n) is 4.37. The lowest BCUT2D eigenvalue weighted by Crippen LogP contribution is -2.36. The van der Waals surface area contributed by atoms with E-state index >= 15 is 0 Å². The van der Waals surface area contributed by atoms with Crippen molar-refractivity contribution in [2.45, 2.75) is 37.9 Å². The maximum atomic E-state index is 11.0. The number of carbonyl (C=O) groups is 1. The molecule has 2 bridgehead atoms. The van der Waals surface area contributed by atoms with Gasteiger partial charge < -0.3 is 14.9 Å². The number of ether oxygens (including phenoxy) is 1. The highest BCUT2D eigenvalue weighted by atomic mass is 16.5. The summed E-state index contributed by atoms with van der Waals surface area (Å²) in [7, 11) is 0. The van der Waals surface area contributed by atoms with Crippen molar-refractivity contribution in [2.24, 2.45) is 5.41 Å². The van der Waals surface area contributed by atoms with Crippen LogP contribution in [0.25, 0.3) is 0 Å². The molecule has 1 aliphatic heterocycles. The smallest absolute Gasteiger partial charge is 0.333 e. The number of hydrogen-bond acceptors (Lipinski definition) is 3. The first-order valence-electron chi connectivity index (χ1n) is 5.36. The minimum atomic E-state index is -0.870. The van der Waals surface area contributed by atoms with Gasteiger partial charge in [0.05, 0.1) is 6.10 Å². The summed E-state index contributed by atoms with van der Waals surface area (Å²) in [6.07, 6.45) is 6.40. The number of aliphatic hydroxyl groups excluding tert-OH is 1. The molecule has 3 atom stereocenters. The molecule has 0 aromatic heterocycles. The third kappa shape index (κ3) is 1.79. The van der Waals surface area contributed by atoms with Crippen molar-refractivity contribution in [3.8, 4) is 0 Å². The van der Waals surface area contributed by atoms with E-state index in [1.54, 1.807) is 0 Å². The Hall–Kier alpha value is -0.870. The summed E-state index contributed by atoms with van der Waals surface area (Å²) in [6.45, 7) is 0.168. The average Bonchev–Trinajstić information content (AvgIpc) is 2.75. The van der Waals surface area contributed by atoms with Crippen LogP contribution >= 0.6 is 0 Å². The quantitative estimate of drug-likeness (QED) is 0.526. The van der Waals surface area contributed by atoms with Crippen LogP contribution in [0.15, 0.2) is 12.2 Å².